The maximum Gasteiger partial charge on any atom is 0.472 e. The Morgan fingerprint density at radius 3 is 1.56 bits per heavy atom. The van der Waals surface area contributed by atoms with E-state index in [1.54, 1.807) is 6.08 Å². The van der Waals surface area contributed by atoms with Crippen LogP contribution < -0.4 is 0 Å². The van der Waals surface area contributed by atoms with Crippen molar-refractivity contribution in [1.82, 2.24) is 0 Å². The van der Waals surface area contributed by atoms with Gasteiger partial charge in [-0.2, -0.15) is 0 Å². The summed E-state index contributed by atoms with van der Waals surface area (Å²) >= 11 is 0. The van der Waals surface area contributed by atoms with Gasteiger partial charge in [0.15, 0.2) is 11.9 Å². The zero-order valence-electron chi connectivity index (χ0n) is 37.3. The van der Waals surface area contributed by atoms with E-state index in [9.17, 15) is 23.8 Å². The molecule has 10 nitrogen and oxygen atoms in total. The van der Waals surface area contributed by atoms with E-state index >= 15 is 0 Å². The molecule has 0 radical (unpaired) electrons. The van der Waals surface area contributed by atoms with Crippen LogP contribution in [0.5, 0.6) is 0 Å². The molecule has 0 aromatic heterocycles. The Balaban J connectivity index is 4.37. The van der Waals surface area contributed by atoms with Gasteiger partial charge in [-0.05, 0) is 38.2 Å². The van der Waals surface area contributed by atoms with Crippen LogP contribution in [0.25, 0.3) is 0 Å². The predicted octanol–water partition coefficient (Wildman–Crippen LogP) is 12.3. The average molecular weight is 829 g/mol. The molecule has 0 aromatic rings. The molecule has 334 valence electrons. The van der Waals surface area contributed by atoms with Crippen molar-refractivity contribution in [3.63, 3.8) is 0 Å². The number of rotatable bonds is 42. The average Bonchev–Trinajstić information content (AvgIpc) is 3.15. The van der Waals surface area contributed by atoms with Gasteiger partial charge in [0, 0.05) is 19.3 Å². The van der Waals surface area contributed by atoms with Crippen LogP contribution in [-0.4, -0.2) is 80.7 Å². The number of carbonyl (C=O) groups is 3. The van der Waals surface area contributed by atoms with Crippen LogP contribution in [0, 0.1) is 0 Å². The summed E-state index contributed by atoms with van der Waals surface area (Å²) in [6.45, 7) is 4.23. The molecule has 1 N–H and O–H groups in total. The molecule has 0 rings (SSSR count). The maximum atomic E-state index is 12.7. The quantitative estimate of drug-likeness (QED) is 0.0160. The number of phosphoric acid groups is 1. The molecule has 0 aliphatic rings. The number of quaternary nitrogens is 1. The summed E-state index contributed by atoms with van der Waals surface area (Å²) in [6, 6.07) is 0. The molecule has 0 aliphatic carbocycles. The van der Waals surface area contributed by atoms with Gasteiger partial charge in [0.05, 0.1) is 27.7 Å². The van der Waals surface area contributed by atoms with Crippen molar-refractivity contribution >= 4 is 25.5 Å². The summed E-state index contributed by atoms with van der Waals surface area (Å²) in [5.74, 6) is -0.675. The van der Waals surface area contributed by atoms with Crippen molar-refractivity contribution in [3.05, 3.63) is 24.3 Å². The number of hydrogen-bond donors (Lipinski definition) is 1. The van der Waals surface area contributed by atoms with E-state index in [1.807, 2.05) is 33.3 Å². The first-order valence-electron chi connectivity index (χ1n) is 23.0. The second-order valence-corrected chi connectivity index (χ2v) is 18.3. The number of allylic oxidation sites excluding steroid dienone is 4. The van der Waals surface area contributed by atoms with Crippen molar-refractivity contribution in [2.24, 2.45) is 0 Å². The summed E-state index contributed by atoms with van der Waals surface area (Å²) < 4.78 is 34.3. The van der Waals surface area contributed by atoms with Crippen molar-refractivity contribution in [1.29, 1.82) is 0 Å². The first kappa shape index (κ1) is 55.2. The highest BCUT2D eigenvalue weighted by molar-refractivity contribution is 7.47. The molecule has 2 atom stereocenters. The standard InChI is InChI=1S/C46H86NO9P/c1-6-8-10-11-12-13-14-15-16-17-18-19-20-23-26-29-33-37-45(49)53-41-44(42-55-57(51,52)54-40-39-47(3,4)5)56-46(50)38-34-30-27-24-21-22-25-28-32-36-43(48)35-31-9-7-2/h25,28,32,36,44H,6-24,26-27,29-31,33-35,37-42H2,1-5H3/p+1/b28-25-,36-32+/t44-/m1/s1. The molecule has 0 aliphatic heterocycles. The minimum atomic E-state index is -4.39. The fraction of sp³-hybridized carbons (Fsp3) is 0.848. The molecule has 1 unspecified atom stereocenters. The highest BCUT2D eigenvalue weighted by Crippen LogP contribution is 2.43. The summed E-state index contributed by atoms with van der Waals surface area (Å²) in [7, 11) is 1.43. The summed E-state index contributed by atoms with van der Waals surface area (Å²) in [4.78, 5) is 47.2. The van der Waals surface area contributed by atoms with Crippen LogP contribution in [0.15, 0.2) is 24.3 Å². The third kappa shape index (κ3) is 42.1. The maximum absolute atomic E-state index is 12.7. The van der Waals surface area contributed by atoms with Gasteiger partial charge in [0.25, 0.3) is 0 Å². The van der Waals surface area contributed by atoms with Gasteiger partial charge < -0.3 is 18.9 Å². The van der Waals surface area contributed by atoms with Crippen molar-refractivity contribution < 1.29 is 46.8 Å². The Hall–Kier alpha value is -1.84. The molecule has 11 heteroatoms. The molecule has 0 saturated heterocycles. The van der Waals surface area contributed by atoms with E-state index in [4.69, 9.17) is 18.5 Å². The van der Waals surface area contributed by atoms with E-state index in [0.717, 1.165) is 70.6 Å². The van der Waals surface area contributed by atoms with E-state index in [0.29, 0.717) is 23.9 Å². The smallest absolute Gasteiger partial charge is 0.462 e. The van der Waals surface area contributed by atoms with Gasteiger partial charge in [-0.15, -0.1) is 0 Å². The molecule has 0 amide bonds. The number of likely N-dealkylation sites (N-methyl/N-ethyl adjacent to an activating group) is 1. The molecule has 0 aromatic carbocycles. The Morgan fingerprint density at radius 1 is 0.579 bits per heavy atom. The van der Waals surface area contributed by atoms with Crippen LogP contribution >= 0.6 is 7.82 Å². The lowest BCUT2D eigenvalue weighted by Crippen LogP contribution is -2.37. The Bertz CT molecular complexity index is 1090. The summed E-state index contributed by atoms with van der Waals surface area (Å²) in [5.41, 5.74) is 0. The Kier molecular flexibility index (Phi) is 37.1. The van der Waals surface area contributed by atoms with Gasteiger partial charge in [0.1, 0.15) is 19.8 Å². The third-order valence-electron chi connectivity index (χ3n) is 9.96. The SMILES string of the molecule is CCCCCCCCCCCCCCCCCCCC(=O)OC[C@H](COP(=O)(O)OCC[N+](C)(C)C)OC(=O)CCCCCCC/C=C\C=C\C(=O)CCCCC. The fourth-order valence-electron chi connectivity index (χ4n) is 6.29. The van der Waals surface area contributed by atoms with Gasteiger partial charge >= 0.3 is 19.8 Å². The largest absolute Gasteiger partial charge is 0.472 e. The number of phosphoric ester groups is 1. The first-order valence-corrected chi connectivity index (χ1v) is 24.5. The topological polar surface area (TPSA) is 125 Å². The van der Waals surface area contributed by atoms with Crippen LogP contribution in [0.4, 0.5) is 0 Å². The van der Waals surface area contributed by atoms with E-state index in [2.05, 4.69) is 19.9 Å². The molecule has 0 saturated carbocycles. The fourth-order valence-corrected chi connectivity index (χ4v) is 7.03. The van der Waals surface area contributed by atoms with Crippen LogP contribution in [-0.2, 0) is 37.5 Å². The van der Waals surface area contributed by atoms with Crippen molar-refractivity contribution in [3.8, 4) is 0 Å². The Labute approximate surface area is 349 Å². The molecule has 0 fully saturated rings. The van der Waals surface area contributed by atoms with Crippen LogP contribution in [0.3, 0.4) is 0 Å². The van der Waals surface area contributed by atoms with Gasteiger partial charge in [-0.25, -0.2) is 4.57 Å². The van der Waals surface area contributed by atoms with Gasteiger partial charge in [0.2, 0.25) is 0 Å². The summed E-state index contributed by atoms with van der Waals surface area (Å²) in [6.07, 6.45) is 37.7. The molecule has 0 spiro atoms. The minimum absolute atomic E-state index is 0.0175. The number of esters is 2. The lowest BCUT2D eigenvalue weighted by atomic mass is 10.0. The van der Waals surface area contributed by atoms with Gasteiger partial charge in [-0.1, -0.05) is 167 Å². The number of ether oxygens (including phenoxy) is 2. The number of hydrogen-bond acceptors (Lipinski definition) is 8. The zero-order chi connectivity index (χ0) is 42.3. The molecule has 0 bridgehead atoms. The van der Waals surface area contributed by atoms with E-state index in [1.165, 1.54) is 89.9 Å². The lowest BCUT2D eigenvalue weighted by Gasteiger charge is -2.24. The second-order valence-electron chi connectivity index (χ2n) is 16.8. The highest BCUT2D eigenvalue weighted by Gasteiger charge is 2.27. The molecule has 57 heavy (non-hydrogen) atoms. The number of carbonyl (C=O) groups excluding carboxylic acids is 3. The molecular formula is C46H87NO9P+. The normalized spacial score (nSPS) is 13.6. The van der Waals surface area contributed by atoms with Crippen molar-refractivity contribution in [2.45, 2.75) is 206 Å². The highest BCUT2D eigenvalue weighted by atomic mass is 31.2. The van der Waals surface area contributed by atoms with E-state index < -0.39 is 26.5 Å². The zero-order valence-corrected chi connectivity index (χ0v) is 38.2. The van der Waals surface area contributed by atoms with Crippen LogP contribution in [0.1, 0.15) is 200 Å². The first-order chi connectivity index (χ1) is 27.4. The Morgan fingerprint density at radius 2 is 1.04 bits per heavy atom. The van der Waals surface area contributed by atoms with E-state index in [-0.39, 0.29) is 37.8 Å². The third-order valence-corrected chi connectivity index (χ3v) is 10.9. The monoisotopic (exact) mass is 829 g/mol. The minimum Gasteiger partial charge on any atom is -0.462 e. The molecular weight excluding hydrogens is 741 g/mol. The number of ketones is 1. The van der Waals surface area contributed by atoms with Gasteiger partial charge in [-0.3, -0.25) is 23.4 Å². The van der Waals surface area contributed by atoms with Crippen LogP contribution in [0.2, 0.25) is 0 Å². The van der Waals surface area contributed by atoms with Crippen molar-refractivity contribution in [2.75, 3.05) is 47.5 Å². The number of unbranched alkanes of at least 4 members (excludes halogenated alkanes) is 23. The number of nitrogens with zero attached hydrogens (tertiary/aromatic N) is 1. The predicted molar refractivity (Wildman–Crippen MR) is 234 cm³/mol. The lowest BCUT2D eigenvalue weighted by molar-refractivity contribution is -0.870. The summed E-state index contributed by atoms with van der Waals surface area (Å²) in [5, 5.41) is 0. The molecule has 0 heterocycles. The second kappa shape index (κ2) is 38.4.